The van der Waals surface area contributed by atoms with E-state index in [9.17, 15) is 13.6 Å². The number of para-hydroxylation sites is 1. The summed E-state index contributed by atoms with van der Waals surface area (Å²) < 4.78 is 29.9. The lowest BCUT2D eigenvalue weighted by atomic mass is 10.0. The summed E-state index contributed by atoms with van der Waals surface area (Å²) in [6.45, 7) is -0.0419. The summed E-state index contributed by atoms with van der Waals surface area (Å²) in [5, 5.41) is 6.05. The van der Waals surface area contributed by atoms with Crippen LogP contribution < -0.4 is 20.3 Å². The minimum Gasteiger partial charge on any atom is -0.434 e. The van der Waals surface area contributed by atoms with Crippen molar-refractivity contribution in [3.8, 4) is 5.75 Å². The molecule has 0 bridgehead atoms. The molecule has 1 aliphatic rings. The minimum atomic E-state index is -2.89. The van der Waals surface area contributed by atoms with Crippen LogP contribution in [0.1, 0.15) is 23.1 Å². The Morgan fingerprint density at radius 3 is 2.80 bits per heavy atom. The van der Waals surface area contributed by atoms with E-state index in [4.69, 9.17) is 0 Å². The third-order valence-electron chi connectivity index (χ3n) is 4.92. The van der Waals surface area contributed by atoms with Crippen LogP contribution in [0.3, 0.4) is 0 Å². The second kappa shape index (κ2) is 10.0. The third-order valence-corrected chi connectivity index (χ3v) is 4.92. The molecule has 3 rings (SSSR count). The lowest BCUT2D eigenvalue weighted by molar-refractivity contribution is -0.117. The van der Waals surface area contributed by atoms with Crippen molar-refractivity contribution in [2.45, 2.75) is 32.9 Å². The van der Waals surface area contributed by atoms with Crippen molar-refractivity contribution in [1.29, 1.82) is 0 Å². The van der Waals surface area contributed by atoms with Crippen LogP contribution in [0.5, 0.6) is 5.75 Å². The van der Waals surface area contributed by atoms with Crippen molar-refractivity contribution in [3.63, 3.8) is 0 Å². The van der Waals surface area contributed by atoms with Gasteiger partial charge in [-0.25, -0.2) is 0 Å². The molecular weight excluding hydrogens is 390 g/mol. The topological polar surface area (TPSA) is 66.0 Å². The van der Waals surface area contributed by atoms with E-state index in [0.717, 1.165) is 24.1 Å². The average molecular weight is 416 g/mol. The Kier molecular flexibility index (Phi) is 7.21. The molecule has 2 aromatic carbocycles. The van der Waals surface area contributed by atoms with Gasteiger partial charge in [0.15, 0.2) is 5.96 Å². The number of hydrogen-bond donors (Lipinski definition) is 2. The number of anilines is 1. The van der Waals surface area contributed by atoms with Crippen LogP contribution in [0, 0.1) is 6.92 Å². The molecule has 1 heterocycles. The molecule has 8 heteroatoms. The largest absolute Gasteiger partial charge is 0.434 e. The van der Waals surface area contributed by atoms with Gasteiger partial charge in [0.2, 0.25) is 5.91 Å². The van der Waals surface area contributed by atoms with Crippen LogP contribution in [0.15, 0.2) is 47.5 Å². The predicted molar refractivity (Wildman–Crippen MR) is 113 cm³/mol. The lowest BCUT2D eigenvalue weighted by Crippen LogP contribution is -2.45. The predicted octanol–water partition coefficient (Wildman–Crippen LogP) is 3.24. The summed E-state index contributed by atoms with van der Waals surface area (Å²) >= 11 is 0. The van der Waals surface area contributed by atoms with Crippen LogP contribution in [0.4, 0.5) is 14.5 Å². The number of nitrogens with zero attached hydrogens (tertiary/aromatic N) is 2. The zero-order valence-corrected chi connectivity index (χ0v) is 17.1. The first-order valence-corrected chi connectivity index (χ1v) is 9.85. The van der Waals surface area contributed by atoms with Crippen molar-refractivity contribution >= 4 is 17.6 Å². The van der Waals surface area contributed by atoms with E-state index in [1.807, 2.05) is 31.2 Å². The van der Waals surface area contributed by atoms with Crippen LogP contribution >= 0.6 is 0 Å². The first-order chi connectivity index (χ1) is 14.5. The molecule has 6 nitrogen and oxygen atoms in total. The summed E-state index contributed by atoms with van der Waals surface area (Å²) in [4.78, 5) is 18.7. The van der Waals surface area contributed by atoms with Gasteiger partial charge in [-0.15, -0.1) is 0 Å². The van der Waals surface area contributed by atoms with Crippen LogP contribution in [-0.2, 0) is 17.8 Å². The SMILES string of the molecule is CN=C(NCC(=O)N1CCCc2ccccc21)NCc1cc(C)ccc1OC(F)F. The lowest BCUT2D eigenvalue weighted by Gasteiger charge is -2.29. The number of benzene rings is 2. The summed E-state index contributed by atoms with van der Waals surface area (Å²) in [6, 6.07) is 12.9. The molecule has 160 valence electrons. The van der Waals surface area contributed by atoms with Crippen LogP contribution in [0.2, 0.25) is 0 Å². The van der Waals surface area contributed by atoms with Crippen molar-refractivity contribution in [2.75, 3.05) is 25.0 Å². The number of aliphatic imine (C=N–C) groups is 1. The number of hydrogen-bond acceptors (Lipinski definition) is 3. The fourth-order valence-electron chi connectivity index (χ4n) is 3.50. The molecule has 0 radical (unpaired) electrons. The van der Waals surface area contributed by atoms with E-state index >= 15 is 0 Å². The van der Waals surface area contributed by atoms with Crippen molar-refractivity contribution in [3.05, 3.63) is 59.2 Å². The minimum absolute atomic E-state index is 0.0534. The summed E-state index contributed by atoms with van der Waals surface area (Å²) in [5.41, 5.74) is 3.63. The van der Waals surface area contributed by atoms with E-state index in [0.29, 0.717) is 18.1 Å². The average Bonchev–Trinajstić information content (AvgIpc) is 2.74. The first kappa shape index (κ1) is 21.5. The second-order valence-corrected chi connectivity index (χ2v) is 7.05. The molecule has 0 aliphatic carbocycles. The van der Waals surface area contributed by atoms with Gasteiger partial charge in [-0.1, -0.05) is 35.9 Å². The fraction of sp³-hybridized carbons (Fsp3) is 0.364. The molecule has 2 aromatic rings. The maximum atomic E-state index is 12.8. The number of guanidine groups is 1. The van der Waals surface area contributed by atoms with E-state index in [1.165, 1.54) is 11.6 Å². The van der Waals surface area contributed by atoms with Gasteiger partial charge in [0.1, 0.15) is 5.75 Å². The summed E-state index contributed by atoms with van der Waals surface area (Å²) in [5.74, 6) is 0.458. The van der Waals surface area contributed by atoms with Gasteiger partial charge in [-0.2, -0.15) is 8.78 Å². The maximum absolute atomic E-state index is 12.8. The van der Waals surface area contributed by atoms with Gasteiger partial charge in [0.25, 0.3) is 0 Å². The molecular formula is C22H26F2N4O2. The number of carbonyl (C=O) groups excluding carboxylic acids is 1. The number of halogens is 2. The normalized spacial score (nSPS) is 13.8. The highest BCUT2D eigenvalue weighted by atomic mass is 19.3. The van der Waals surface area contributed by atoms with Crippen LogP contribution in [0.25, 0.3) is 0 Å². The molecule has 0 fully saturated rings. The number of alkyl halides is 2. The molecule has 1 aliphatic heterocycles. The van der Waals surface area contributed by atoms with E-state index in [2.05, 4.69) is 20.4 Å². The van der Waals surface area contributed by atoms with E-state index in [-0.39, 0.29) is 24.7 Å². The number of ether oxygens (including phenoxy) is 1. The smallest absolute Gasteiger partial charge is 0.387 e. The standard InChI is InChI=1S/C22H26F2N4O2/c1-15-9-10-19(30-21(23)24)17(12-15)13-26-22(25-2)27-14-20(29)28-11-5-7-16-6-3-4-8-18(16)28/h3-4,6,8-10,12,21H,5,7,11,13-14H2,1-2H3,(H2,25,26,27). The number of carbonyl (C=O) groups is 1. The van der Waals surface area contributed by atoms with Gasteiger partial charge in [-0.3, -0.25) is 9.79 Å². The first-order valence-electron chi connectivity index (χ1n) is 9.85. The molecule has 0 unspecified atom stereocenters. The maximum Gasteiger partial charge on any atom is 0.387 e. The van der Waals surface area contributed by atoms with Gasteiger partial charge < -0.3 is 20.3 Å². The van der Waals surface area contributed by atoms with Gasteiger partial charge in [0, 0.05) is 31.4 Å². The Balaban J connectivity index is 1.59. The van der Waals surface area contributed by atoms with Gasteiger partial charge in [-0.05, 0) is 37.5 Å². The Bertz CT molecular complexity index is 918. The van der Waals surface area contributed by atoms with Gasteiger partial charge in [0.05, 0.1) is 6.54 Å². The quantitative estimate of drug-likeness (QED) is 0.561. The highest BCUT2D eigenvalue weighted by Gasteiger charge is 2.22. The monoisotopic (exact) mass is 416 g/mol. The molecule has 0 aromatic heterocycles. The van der Waals surface area contributed by atoms with Crippen molar-refractivity contribution < 1.29 is 18.3 Å². The van der Waals surface area contributed by atoms with Crippen LogP contribution in [-0.4, -0.2) is 38.6 Å². The Hall–Kier alpha value is -3.16. The van der Waals surface area contributed by atoms with E-state index < -0.39 is 6.61 Å². The Morgan fingerprint density at radius 2 is 2.03 bits per heavy atom. The third kappa shape index (κ3) is 5.46. The van der Waals surface area contributed by atoms with Crippen molar-refractivity contribution in [1.82, 2.24) is 10.6 Å². The number of fused-ring (bicyclic) bond motifs is 1. The number of amides is 1. The Labute approximate surface area is 174 Å². The molecule has 0 atom stereocenters. The second-order valence-electron chi connectivity index (χ2n) is 7.05. The highest BCUT2D eigenvalue weighted by Crippen LogP contribution is 2.26. The summed E-state index contributed by atoms with van der Waals surface area (Å²) in [6.07, 6.45) is 1.89. The summed E-state index contributed by atoms with van der Waals surface area (Å²) in [7, 11) is 1.59. The Morgan fingerprint density at radius 1 is 1.23 bits per heavy atom. The number of aryl methyl sites for hydroxylation is 2. The number of rotatable bonds is 6. The molecule has 0 saturated heterocycles. The zero-order chi connectivity index (χ0) is 21.5. The van der Waals surface area contributed by atoms with Gasteiger partial charge >= 0.3 is 6.61 Å². The van der Waals surface area contributed by atoms with E-state index in [1.54, 1.807) is 24.1 Å². The zero-order valence-electron chi connectivity index (χ0n) is 17.1. The number of nitrogens with one attached hydrogen (secondary N) is 2. The molecule has 0 saturated carbocycles. The van der Waals surface area contributed by atoms with Crippen molar-refractivity contribution in [2.24, 2.45) is 4.99 Å². The molecule has 0 spiro atoms. The fourth-order valence-corrected chi connectivity index (χ4v) is 3.50. The molecule has 2 N–H and O–H groups in total. The highest BCUT2D eigenvalue weighted by molar-refractivity contribution is 5.98. The molecule has 30 heavy (non-hydrogen) atoms. The molecule has 1 amide bonds.